The molecule has 0 aromatic carbocycles. The number of rotatable bonds is 4. The molecule has 1 spiro atoms. The van der Waals surface area contributed by atoms with E-state index in [0.29, 0.717) is 12.0 Å². The zero-order valence-corrected chi connectivity index (χ0v) is 13.1. The molecule has 2 fully saturated rings. The van der Waals surface area contributed by atoms with Crippen LogP contribution in [0.15, 0.2) is 0 Å². The Morgan fingerprint density at radius 1 is 1.32 bits per heavy atom. The predicted octanol–water partition coefficient (Wildman–Crippen LogP) is 3.13. The predicted molar refractivity (Wildman–Crippen MR) is 78.4 cm³/mol. The zero-order valence-electron chi connectivity index (χ0n) is 13.1. The van der Waals surface area contributed by atoms with E-state index in [1.807, 2.05) is 0 Å². The summed E-state index contributed by atoms with van der Waals surface area (Å²) in [5.74, 6) is 0.694. The van der Waals surface area contributed by atoms with E-state index in [9.17, 15) is 0 Å². The zero-order chi connectivity index (χ0) is 13.9. The second-order valence-electron chi connectivity index (χ2n) is 7.31. The Bertz CT molecular complexity index is 279. The van der Waals surface area contributed by atoms with Crippen molar-refractivity contribution in [2.24, 2.45) is 5.92 Å². The van der Waals surface area contributed by atoms with Crippen LogP contribution in [-0.2, 0) is 9.47 Å². The van der Waals surface area contributed by atoms with Gasteiger partial charge in [-0.1, -0.05) is 12.8 Å². The fourth-order valence-electron chi connectivity index (χ4n) is 3.57. The largest absolute Gasteiger partial charge is 0.375 e. The summed E-state index contributed by atoms with van der Waals surface area (Å²) in [7, 11) is 2.06. The lowest BCUT2D eigenvalue weighted by Crippen LogP contribution is -2.47. The standard InChI is InChI=1S/C16H31NO2/c1-15(2,3)19-12-14(17-4)13-7-10-18-16(11-13)8-5-6-9-16/h13-14,17H,5-12H2,1-4H3. The van der Waals surface area contributed by atoms with Gasteiger partial charge in [0, 0.05) is 12.6 Å². The van der Waals surface area contributed by atoms with E-state index >= 15 is 0 Å². The van der Waals surface area contributed by atoms with Crippen molar-refractivity contribution in [1.82, 2.24) is 5.32 Å². The van der Waals surface area contributed by atoms with E-state index in [4.69, 9.17) is 9.47 Å². The van der Waals surface area contributed by atoms with Crippen molar-refractivity contribution in [3.8, 4) is 0 Å². The molecule has 2 rings (SSSR count). The SMILES string of the molecule is CNC(COC(C)(C)C)C1CCOC2(CCCC2)C1. The Hall–Kier alpha value is -0.120. The summed E-state index contributed by atoms with van der Waals surface area (Å²) in [6.07, 6.45) is 7.59. The first kappa shape index (κ1) is 15.3. The van der Waals surface area contributed by atoms with Crippen molar-refractivity contribution < 1.29 is 9.47 Å². The third-order valence-electron chi connectivity index (χ3n) is 4.68. The number of likely N-dealkylation sites (N-methyl/N-ethyl adjacent to an activating group) is 1. The molecule has 1 saturated heterocycles. The Kier molecular flexibility index (Phi) is 4.91. The topological polar surface area (TPSA) is 30.5 Å². The highest BCUT2D eigenvalue weighted by Crippen LogP contribution is 2.42. The third-order valence-corrected chi connectivity index (χ3v) is 4.68. The molecule has 0 amide bonds. The summed E-state index contributed by atoms with van der Waals surface area (Å²) in [5.41, 5.74) is 0.158. The molecule has 1 heterocycles. The molecular weight excluding hydrogens is 238 g/mol. The van der Waals surface area contributed by atoms with Gasteiger partial charge in [-0.05, 0) is 59.4 Å². The number of hydrogen-bond acceptors (Lipinski definition) is 3. The second-order valence-corrected chi connectivity index (χ2v) is 7.31. The van der Waals surface area contributed by atoms with Crippen molar-refractivity contribution in [1.29, 1.82) is 0 Å². The Balaban J connectivity index is 1.90. The molecule has 0 radical (unpaired) electrons. The molecule has 1 N–H and O–H groups in total. The van der Waals surface area contributed by atoms with E-state index < -0.39 is 0 Å². The summed E-state index contributed by atoms with van der Waals surface area (Å²) in [6, 6.07) is 0.459. The summed E-state index contributed by atoms with van der Waals surface area (Å²) in [4.78, 5) is 0. The Labute approximate surface area is 118 Å². The maximum Gasteiger partial charge on any atom is 0.0685 e. The molecule has 0 aromatic rings. The van der Waals surface area contributed by atoms with Gasteiger partial charge in [0.15, 0.2) is 0 Å². The van der Waals surface area contributed by atoms with Crippen molar-refractivity contribution in [2.45, 2.75) is 76.5 Å². The minimum Gasteiger partial charge on any atom is -0.375 e. The number of ether oxygens (including phenoxy) is 2. The van der Waals surface area contributed by atoms with Gasteiger partial charge < -0.3 is 14.8 Å². The van der Waals surface area contributed by atoms with Crippen LogP contribution < -0.4 is 5.32 Å². The van der Waals surface area contributed by atoms with Crippen LogP contribution in [0.25, 0.3) is 0 Å². The molecular formula is C16H31NO2. The normalized spacial score (nSPS) is 28.7. The fraction of sp³-hybridized carbons (Fsp3) is 1.00. The lowest BCUT2D eigenvalue weighted by molar-refractivity contribution is -0.106. The summed E-state index contributed by atoms with van der Waals surface area (Å²) in [5, 5.41) is 3.47. The van der Waals surface area contributed by atoms with Crippen LogP contribution in [0.2, 0.25) is 0 Å². The van der Waals surface area contributed by atoms with Crippen LogP contribution >= 0.6 is 0 Å². The van der Waals surface area contributed by atoms with Gasteiger partial charge in [-0.15, -0.1) is 0 Å². The van der Waals surface area contributed by atoms with Crippen LogP contribution in [0, 0.1) is 5.92 Å². The van der Waals surface area contributed by atoms with Gasteiger partial charge in [-0.25, -0.2) is 0 Å². The molecule has 0 bridgehead atoms. The van der Waals surface area contributed by atoms with Gasteiger partial charge in [0.2, 0.25) is 0 Å². The molecule has 3 heteroatoms. The van der Waals surface area contributed by atoms with Crippen LogP contribution in [0.4, 0.5) is 0 Å². The molecule has 1 saturated carbocycles. The van der Waals surface area contributed by atoms with E-state index in [1.165, 1.54) is 38.5 Å². The minimum absolute atomic E-state index is 0.0503. The van der Waals surface area contributed by atoms with Gasteiger partial charge in [-0.3, -0.25) is 0 Å². The number of nitrogens with one attached hydrogen (secondary N) is 1. The average molecular weight is 269 g/mol. The highest BCUT2D eigenvalue weighted by atomic mass is 16.5. The lowest BCUT2D eigenvalue weighted by atomic mass is 9.81. The Morgan fingerprint density at radius 3 is 2.58 bits per heavy atom. The first-order chi connectivity index (χ1) is 8.94. The Morgan fingerprint density at radius 2 is 2.00 bits per heavy atom. The summed E-state index contributed by atoms with van der Waals surface area (Å²) >= 11 is 0. The van der Waals surface area contributed by atoms with Gasteiger partial charge in [-0.2, -0.15) is 0 Å². The van der Waals surface area contributed by atoms with E-state index in [-0.39, 0.29) is 11.2 Å². The summed E-state index contributed by atoms with van der Waals surface area (Å²) in [6.45, 7) is 8.12. The van der Waals surface area contributed by atoms with Gasteiger partial charge >= 0.3 is 0 Å². The molecule has 19 heavy (non-hydrogen) atoms. The maximum atomic E-state index is 6.13. The minimum atomic E-state index is -0.0503. The molecule has 2 aliphatic rings. The first-order valence-corrected chi connectivity index (χ1v) is 7.89. The summed E-state index contributed by atoms with van der Waals surface area (Å²) < 4.78 is 12.1. The van der Waals surface area contributed by atoms with Crippen molar-refractivity contribution in [3.63, 3.8) is 0 Å². The molecule has 1 aliphatic carbocycles. The fourth-order valence-corrected chi connectivity index (χ4v) is 3.57. The van der Waals surface area contributed by atoms with Crippen LogP contribution in [0.1, 0.15) is 59.3 Å². The smallest absolute Gasteiger partial charge is 0.0685 e. The lowest BCUT2D eigenvalue weighted by Gasteiger charge is -2.41. The maximum absolute atomic E-state index is 6.13. The van der Waals surface area contributed by atoms with Crippen molar-refractivity contribution in [3.05, 3.63) is 0 Å². The van der Waals surface area contributed by atoms with Crippen LogP contribution in [-0.4, -0.2) is 37.5 Å². The van der Waals surface area contributed by atoms with Crippen LogP contribution in [0.5, 0.6) is 0 Å². The molecule has 1 aliphatic heterocycles. The highest BCUT2D eigenvalue weighted by molar-refractivity contribution is 4.94. The highest BCUT2D eigenvalue weighted by Gasteiger charge is 2.41. The first-order valence-electron chi connectivity index (χ1n) is 7.89. The van der Waals surface area contributed by atoms with Gasteiger partial charge in [0.05, 0.1) is 17.8 Å². The average Bonchev–Trinajstić information content (AvgIpc) is 2.77. The molecule has 3 nitrogen and oxygen atoms in total. The quantitative estimate of drug-likeness (QED) is 0.850. The van der Waals surface area contributed by atoms with Gasteiger partial charge in [0.1, 0.15) is 0 Å². The van der Waals surface area contributed by atoms with Crippen molar-refractivity contribution in [2.75, 3.05) is 20.3 Å². The molecule has 0 aromatic heterocycles. The molecule has 2 unspecified atom stereocenters. The van der Waals surface area contributed by atoms with Crippen LogP contribution in [0.3, 0.4) is 0 Å². The van der Waals surface area contributed by atoms with E-state index in [0.717, 1.165) is 13.2 Å². The third kappa shape index (κ3) is 4.17. The van der Waals surface area contributed by atoms with Gasteiger partial charge in [0.25, 0.3) is 0 Å². The number of hydrogen-bond donors (Lipinski definition) is 1. The van der Waals surface area contributed by atoms with E-state index in [1.54, 1.807) is 0 Å². The monoisotopic (exact) mass is 269 g/mol. The van der Waals surface area contributed by atoms with Crippen molar-refractivity contribution >= 4 is 0 Å². The van der Waals surface area contributed by atoms with E-state index in [2.05, 4.69) is 33.1 Å². The molecule has 2 atom stereocenters. The second kappa shape index (κ2) is 6.11. The molecule has 112 valence electrons.